The molecule has 0 saturated heterocycles. The molecular weight excluding hydrogens is 358 g/mol. The number of nitrogens with zero attached hydrogens (tertiary/aromatic N) is 3. The Hall–Kier alpha value is -3.03. The lowest BCUT2D eigenvalue weighted by Crippen LogP contribution is -2.32. The molecular formula is C21H19N3O4. The number of esters is 1. The highest BCUT2D eigenvalue weighted by molar-refractivity contribution is 5.87. The molecule has 1 aromatic carbocycles. The van der Waals surface area contributed by atoms with Crippen LogP contribution in [0.15, 0.2) is 35.1 Å². The summed E-state index contributed by atoms with van der Waals surface area (Å²) in [6.45, 7) is 1.10. The van der Waals surface area contributed by atoms with Crippen LogP contribution >= 0.6 is 0 Å². The average Bonchev–Trinajstić information content (AvgIpc) is 3.02. The van der Waals surface area contributed by atoms with Gasteiger partial charge >= 0.3 is 5.97 Å². The number of cyclic esters (lactones) is 1. The molecule has 1 N–H and O–H groups in total. The van der Waals surface area contributed by atoms with Crippen LogP contribution in [0, 0.1) is 0 Å². The van der Waals surface area contributed by atoms with E-state index in [-0.39, 0.29) is 12.2 Å². The molecule has 0 amide bonds. The maximum absolute atomic E-state index is 13.0. The zero-order valence-corrected chi connectivity index (χ0v) is 15.6. The Morgan fingerprint density at radius 3 is 2.89 bits per heavy atom. The molecule has 0 bridgehead atoms. The first kappa shape index (κ1) is 17.1. The van der Waals surface area contributed by atoms with Gasteiger partial charge in [0.15, 0.2) is 6.10 Å². The molecule has 0 radical (unpaired) electrons. The van der Waals surface area contributed by atoms with E-state index in [1.54, 1.807) is 10.6 Å². The molecule has 0 fully saturated rings. The lowest BCUT2D eigenvalue weighted by atomic mass is 10.00. The van der Waals surface area contributed by atoms with E-state index in [2.05, 4.69) is 17.0 Å². The van der Waals surface area contributed by atoms with Gasteiger partial charge in [-0.1, -0.05) is 12.1 Å². The predicted molar refractivity (Wildman–Crippen MR) is 103 cm³/mol. The standard InChI is InChI=1S/C21H19N3O4/c1-23(2)8-11-4-3-5-16-13(11)6-12-9-24-17(18(12)22-16)7-14-15(20(24)26)10-28-21(27)19(14)25/h3-7,19,25H,8-10H2,1-2H3. The number of aromatic nitrogens is 2. The third-order valence-electron chi connectivity index (χ3n) is 5.40. The minimum absolute atomic E-state index is 0.108. The highest BCUT2D eigenvalue weighted by atomic mass is 16.5. The van der Waals surface area contributed by atoms with Crippen molar-refractivity contribution in [3.05, 3.63) is 62.9 Å². The number of benzene rings is 1. The van der Waals surface area contributed by atoms with Crippen LogP contribution in [0.25, 0.3) is 22.3 Å². The maximum Gasteiger partial charge on any atom is 0.340 e. The topological polar surface area (TPSA) is 84.7 Å². The zero-order valence-electron chi connectivity index (χ0n) is 15.6. The summed E-state index contributed by atoms with van der Waals surface area (Å²) in [6.07, 6.45) is -1.43. The van der Waals surface area contributed by atoms with Crippen LogP contribution in [-0.2, 0) is 29.2 Å². The Balaban J connectivity index is 1.72. The second-order valence-corrected chi connectivity index (χ2v) is 7.58. The molecule has 28 heavy (non-hydrogen) atoms. The summed E-state index contributed by atoms with van der Waals surface area (Å²) in [7, 11) is 4.04. The molecule has 7 heteroatoms. The fraction of sp³-hybridized carbons (Fsp3) is 0.286. The third-order valence-corrected chi connectivity index (χ3v) is 5.40. The van der Waals surface area contributed by atoms with Crippen LogP contribution in [0.3, 0.4) is 0 Å². The Morgan fingerprint density at radius 2 is 2.11 bits per heavy atom. The SMILES string of the molecule is CN(C)Cc1cccc2nc3c(cc12)Cn1c-3cc2c(c1=O)COC(=O)C2O. The molecule has 2 aliphatic heterocycles. The van der Waals surface area contributed by atoms with E-state index in [0.29, 0.717) is 23.4 Å². The quantitative estimate of drug-likeness (QED) is 0.534. The Morgan fingerprint density at radius 1 is 1.29 bits per heavy atom. The van der Waals surface area contributed by atoms with E-state index in [9.17, 15) is 14.7 Å². The summed E-state index contributed by atoms with van der Waals surface area (Å²) in [4.78, 5) is 31.6. The fourth-order valence-electron chi connectivity index (χ4n) is 4.09. The Bertz CT molecular complexity index is 1210. The number of fused-ring (bicyclic) bond motifs is 5. The molecule has 1 unspecified atom stereocenters. The van der Waals surface area contributed by atoms with E-state index in [1.165, 1.54) is 5.56 Å². The van der Waals surface area contributed by atoms with E-state index in [1.807, 2.05) is 26.2 Å². The number of hydrogen-bond acceptors (Lipinski definition) is 6. The summed E-state index contributed by atoms with van der Waals surface area (Å²) < 4.78 is 6.57. The van der Waals surface area contributed by atoms with Crippen LogP contribution in [0.4, 0.5) is 0 Å². The van der Waals surface area contributed by atoms with Crippen LogP contribution in [0.2, 0.25) is 0 Å². The largest absolute Gasteiger partial charge is 0.458 e. The van der Waals surface area contributed by atoms with Gasteiger partial charge in [-0.2, -0.15) is 0 Å². The zero-order chi connectivity index (χ0) is 19.6. The number of rotatable bonds is 2. The lowest BCUT2D eigenvalue weighted by Gasteiger charge is -2.21. The number of aliphatic hydroxyl groups is 1. The van der Waals surface area contributed by atoms with E-state index in [0.717, 1.165) is 28.7 Å². The van der Waals surface area contributed by atoms with Gasteiger partial charge in [0.2, 0.25) is 0 Å². The molecule has 4 heterocycles. The molecule has 7 nitrogen and oxygen atoms in total. The number of carbonyl (C=O) groups excluding carboxylic acids is 1. The molecule has 0 spiro atoms. The van der Waals surface area contributed by atoms with E-state index >= 15 is 0 Å². The molecule has 1 atom stereocenters. The second kappa shape index (κ2) is 5.98. The van der Waals surface area contributed by atoms with Gasteiger partial charge < -0.3 is 19.3 Å². The van der Waals surface area contributed by atoms with E-state index in [4.69, 9.17) is 9.72 Å². The summed E-state index contributed by atoms with van der Waals surface area (Å²) in [6, 6.07) is 9.83. The monoisotopic (exact) mass is 377 g/mol. The van der Waals surface area contributed by atoms with Crippen molar-refractivity contribution in [2.24, 2.45) is 0 Å². The average molecular weight is 377 g/mol. The third kappa shape index (κ3) is 2.40. The number of hydrogen-bond donors (Lipinski definition) is 1. The first-order valence-corrected chi connectivity index (χ1v) is 9.12. The number of pyridine rings is 2. The van der Waals surface area contributed by atoms with Crippen molar-refractivity contribution in [1.82, 2.24) is 14.5 Å². The first-order valence-electron chi connectivity index (χ1n) is 9.12. The van der Waals surface area contributed by atoms with Gasteiger partial charge in [0.25, 0.3) is 5.56 Å². The fourth-order valence-corrected chi connectivity index (χ4v) is 4.09. The van der Waals surface area contributed by atoms with Gasteiger partial charge in [0.1, 0.15) is 6.61 Å². The van der Waals surface area contributed by atoms with Crippen LogP contribution in [0.5, 0.6) is 0 Å². The maximum atomic E-state index is 13.0. The normalized spacial score (nSPS) is 17.4. The van der Waals surface area contributed by atoms with Gasteiger partial charge in [-0.25, -0.2) is 9.78 Å². The summed E-state index contributed by atoms with van der Waals surface area (Å²) in [5, 5.41) is 11.2. The number of aliphatic hydroxyl groups excluding tert-OH is 1. The summed E-state index contributed by atoms with van der Waals surface area (Å²) in [5.74, 6) is -0.727. The van der Waals surface area contributed by atoms with Crippen molar-refractivity contribution >= 4 is 16.9 Å². The summed E-state index contributed by atoms with van der Waals surface area (Å²) >= 11 is 0. The van der Waals surface area contributed by atoms with Gasteiger partial charge in [-0.3, -0.25) is 4.79 Å². The van der Waals surface area contributed by atoms with Crippen molar-refractivity contribution in [3.8, 4) is 11.4 Å². The minimum atomic E-state index is -1.43. The first-order chi connectivity index (χ1) is 13.4. The highest BCUT2D eigenvalue weighted by Gasteiger charge is 2.33. The van der Waals surface area contributed by atoms with Crippen molar-refractivity contribution in [1.29, 1.82) is 0 Å². The van der Waals surface area contributed by atoms with Gasteiger partial charge in [0, 0.05) is 23.1 Å². The summed E-state index contributed by atoms with van der Waals surface area (Å²) in [5.41, 5.74) is 4.76. The molecule has 2 aromatic heterocycles. The predicted octanol–water partition coefficient (Wildman–Crippen LogP) is 1.58. The smallest absolute Gasteiger partial charge is 0.340 e. The van der Waals surface area contributed by atoms with Crippen molar-refractivity contribution in [2.45, 2.75) is 25.8 Å². The van der Waals surface area contributed by atoms with Crippen LogP contribution < -0.4 is 5.56 Å². The van der Waals surface area contributed by atoms with Crippen LogP contribution in [-0.4, -0.2) is 39.6 Å². The second-order valence-electron chi connectivity index (χ2n) is 7.58. The molecule has 0 saturated carbocycles. The van der Waals surface area contributed by atoms with Crippen molar-refractivity contribution in [3.63, 3.8) is 0 Å². The van der Waals surface area contributed by atoms with Gasteiger partial charge in [-0.05, 0) is 37.9 Å². The molecule has 142 valence electrons. The Labute approximate surface area is 160 Å². The minimum Gasteiger partial charge on any atom is -0.458 e. The van der Waals surface area contributed by atoms with Gasteiger partial charge in [0.05, 0.1) is 29.0 Å². The molecule has 5 rings (SSSR count). The van der Waals surface area contributed by atoms with E-state index < -0.39 is 12.1 Å². The Kier molecular flexibility index (Phi) is 3.65. The van der Waals surface area contributed by atoms with Crippen LogP contribution in [0.1, 0.15) is 28.4 Å². The lowest BCUT2D eigenvalue weighted by molar-refractivity contribution is -0.157. The number of ether oxygens (including phenoxy) is 1. The van der Waals surface area contributed by atoms with Crippen molar-refractivity contribution in [2.75, 3.05) is 14.1 Å². The molecule has 3 aromatic rings. The number of carbonyl (C=O) groups is 1. The van der Waals surface area contributed by atoms with Crippen molar-refractivity contribution < 1.29 is 14.6 Å². The highest BCUT2D eigenvalue weighted by Crippen LogP contribution is 2.35. The molecule has 0 aliphatic carbocycles. The molecule has 2 aliphatic rings. The van der Waals surface area contributed by atoms with Gasteiger partial charge in [-0.15, -0.1) is 0 Å².